The van der Waals surface area contributed by atoms with E-state index in [2.05, 4.69) is 18.9 Å². The summed E-state index contributed by atoms with van der Waals surface area (Å²) in [6.45, 7) is 7.52. The minimum Gasteiger partial charge on any atom is -0.295 e. The average molecular weight is 192 g/mol. The zero-order valence-electron chi connectivity index (χ0n) is 9.11. The summed E-state index contributed by atoms with van der Waals surface area (Å²) in [6, 6.07) is 2.22. The summed E-state index contributed by atoms with van der Waals surface area (Å²) in [5.74, 6) is 0.0986. The van der Waals surface area contributed by atoms with E-state index in [4.69, 9.17) is 0 Å². The van der Waals surface area contributed by atoms with Gasteiger partial charge >= 0.3 is 0 Å². The molecule has 0 aliphatic carbocycles. The lowest BCUT2D eigenvalue weighted by Gasteiger charge is -2.08. The van der Waals surface area contributed by atoms with Gasteiger partial charge in [-0.05, 0) is 45.4 Å². The van der Waals surface area contributed by atoms with Crippen molar-refractivity contribution in [2.45, 2.75) is 33.7 Å². The van der Waals surface area contributed by atoms with E-state index in [1.54, 1.807) is 13.1 Å². The molecule has 0 N–H and O–H groups in total. The fraction of sp³-hybridized carbons (Fsp3) is 0.455. The second-order valence-electron chi connectivity index (χ2n) is 3.68. The molecule has 14 heavy (non-hydrogen) atoms. The number of Topliss-reactive ketones (excluding diaryl/α,β-unsaturated/α-hetero) is 1. The van der Waals surface area contributed by atoms with Crippen molar-refractivity contribution >= 4 is 11.9 Å². The molecule has 76 valence electrons. The van der Waals surface area contributed by atoms with Crippen molar-refractivity contribution in [1.82, 2.24) is 9.78 Å². The maximum absolute atomic E-state index is 11.1. The molecule has 0 aliphatic rings. The Labute approximate surface area is 84.4 Å². The van der Waals surface area contributed by atoms with Crippen LogP contribution in [0.4, 0.5) is 0 Å². The van der Waals surface area contributed by atoms with Crippen LogP contribution in [-0.4, -0.2) is 15.6 Å². The first-order valence-electron chi connectivity index (χ1n) is 4.75. The third kappa shape index (κ3) is 2.31. The smallest absolute Gasteiger partial charge is 0.155 e. The molecular formula is C11H16N2O. The number of ketones is 1. The molecule has 0 aromatic carbocycles. The third-order valence-electron chi connectivity index (χ3n) is 2.11. The van der Waals surface area contributed by atoms with Gasteiger partial charge in [-0.15, -0.1) is 0 Å². The SMILES string of the molecule is CC(=O)/C(C)=C\c1ccnn1C(C)C. The van der Waals surface area contributed by atoms with Gasteiger partial charge in [-0.3, -0.25) is 9.48 Å². The Morgan fingerprint density at radius 3 is 2.64 bits per heavy atom. The topological polar surface area (TPSA) is 34.9 Å². The lowest BCUT2D eigenvalue weighted by atomic mass is 10.2. The van der Waals surface area contributed by atoms with Crippen molar-refractivity contribution in [1.29, 1.82) is 0 Å². The van der Waals surface area contributed by atoms with Crippen molar-refractivity contribution in [2.75, 3.05) is 0 Å². The highest BCUT2D eigenvalue weighted by Gasteiger charge is 2.04. The molecule has 1 aromatic heterocycles. The molecule has 0 amide bonds. The van der Waals surface area contributed by atoms with Crippen LogP contribution in [-0.2, 0) is 4.79 Å². The summed E-state index contributed by atoms with van der Waals surface area (Å²) >= 11 is 0. The summed E-state index contributed by atoms with van der Waals surface area (Å²) in [5.41, 5.74) is 1.74. The number of allylic oxidation sites excluding steroid dienone is 1. The van der Waals surface area contributed by atoms with E-state index < -0.39 is 0 Å². The van der Waals surface area contributed by atoms with Gasteiger partial charge in [0.25, 0.3) is 0 Å². The maximum Gasteiger partial charge on any atom is 0.155 e. The van der Waals surface area contributed by atoms with E-state index in [1.807, 2.05) is 23.7 Å². The second-order valence-corrected chi connectivity index (χ2v) is 3.68. The van der Waals surface area contributed by atoms with Gasteiger partial charge in [0.15, 0.2) is 5.78 Å². The Kier molecular flexibility index (Phi) is 3.23. The molecule has 1 rings (SSSR count). The standard InChI is InChI=1S/C11H16N2O/c1-8(2)13-11(5-6-12-13)7-9(3)10(4)14/h5-8H,1-4H3/b9-7-. The van der Waals surface area contributed by atoms with Gasteiger partial charge in [0.1, 0.15) is 0 Å². The van der Waals surface area contributed by atoms with Crippen LogP contribution in [0.1, 0.15) is 39.4 Å². The van der Waals surface area contributed by atoms with E-state index in [9.17, 15) is 4.79 Å². The average Bonchev–Trinajstić information content (AvgIpc) is 2.52. The molecule has 0 fully saturated rings. The zero-order valence-corrected chi connectivity index (χ0v) is 9.11. The number of carbonyl (C=O) groups excluding carboxylic acids is 1. The fourth-order valence-electron chi connectivity index (χ4n) is 1.19. The van der Waals surface area contributed by atoms with Crippen LogP contribution >= 0.6 is 0 Å². The number of nitrogens with zero attached hydrogens (tertiary/aromatic N) is 2. The fourth-order valence-corrected chi connectivity index (χ4v) is 1.19. The van der Waals surface area contributed by atoms with Crippen molar-refractivity contribution < 1.29 is 4.79 Å². The highest BCUT2D eigenvalue weighted by atomic mass is 16.1. The Morgan fingerprint density at radius 1 is 1.50 bits per heavy atom. The predicted octanol–water partition coefficient (Wildman–Crippen LogP) is 2.46. The van der Waals surface area contributed by atoms with Gasteiger partial charge in [0.05, 0.1) is 5.69 Å². The highest BCUT2D eigenvalue weighted by Crippen LogP contribution is 2.11. The quantitative estimate of drug-likeness (QED) is 0.689. The van der Waals surface area contributed by atoms with Gasteiger partial charge in [0.2, 0.25) is 0 Å². The molecule has 0 aliphatic heterocycles. The molecule has 0 bridgehead atoms. The second kappa shape index (κ2) is 4.22. The molecule has 0 saturated heterocycles. The molecule has 0 unspecified atom stereocenters. The first-order chi connectivity index (χ1) is 6.52. The van der Waals surface area contributed by atoms with E-state index in [1.165, 1.54) is 0 Å². The summed E-state index contributed by atoms with van der Waals surface area (Å²) in [5, 5.41) is 4.19. The van der Waals surface area contributed by atoms with E-state index in [-0.39, 0.29) is 5.78 Å². The number of hydrogen-bond acceptors (Lipinski definition) is 2. The van der Waals surface area contributed by atoms with Crippen LogP contribution in [0.3, 0.4) is 0 Å². The summed E-state index contributed by atoms with van der Waals surface area (Å²) in [7, 11) is 0. The van der Waals surface area contributed by atoms with Crippen LogP contribution in [0.15, 0.2) is 17.8 Å². The van der Waals surface area contributed by atoms with E-state index in [0.717, 1.165) is 11.3 Å². The largest absolute Gasteiger partial charge is 0.295 e. The van der Waals surface area contributed by atoms with Crippen LogP contribution in [0, 0.1) is 0 Å². The van der Waals surface area contributed by atoms with Gasteiger partial charge in [-0.2, -0.15) is 5.10 Å². The molecule has 0 spiro atoms. The Balaban J connectivity index is 3.02. The van der Waals surface area contributed by atoms with Crippen molar-refractivity contribution in [3.63, 3.8) is 0 Å². The van der Waals surface area contributed by atoms with Gasteiger partial charge in [0, 0.05) is 12.2 Å². The molecule has 1 aromatic rings. The van der Waals surface area contributed by atoms with Crippen molar-refractivity contribution in [3.05, 3.63) is 23.5 Å². The maximum atomic E-state index is 11.1. The summed E-state index contributed by atoms with van der Waals surface area (Å²) in [6.07, 6.45) is 3.62. The molecule has 3 heteroatoms. The lowest BCUT2D eigenvalue weighted by Crippen LogP contribution is -2.05. The molecule has 0 atom stereocenters. The number of aromatic nitrogens is 2. The minimum absolute atomic E-state index is 0.0986. The molecular weight excluding hydrogens is 176 g/mol. The summed E-state index contributed by atoms with van der Waals surface area (Å²) in [4.78, 5) is 11.1. The zero-order chi connectivity index (χ0) is 10.7. The normalized spacial score (nSPS) is 12.2. The third-order valence-corrected chi connectivity index (χ3v) is 2.11. The first-order valence-corrected chi connectivity index (χ1v) is 4.75. The Hall–Kier alpha value is -1.38. The van der Waals surface area contributed by atoms with Gasteiger partial charge in [-0.1, -0.05) is 0 Å². The molecule has 1 heterocycles. The van der Waals surface area contributed by atoms with Crippen LogP contribution in [0.5, 0.6) is 0 Å². The van der Waals surface area contributed by atoms with E-state index >= 15 is 0 Å². The minimum atomic E-state index is 0.0986. The van der Waals surface area contributed by atoms with Crippen LogP contribution < -0.4 is 0 Å². The monoisotopic (exact) mass is 192 g/mol. The Bertz CT molecular complexity index is 361. The van der Waals surface area contributed by atoms with Crippen LogP contribution in [0.2, 0.25) is 0 Å². The number of rotatable bonds is 3. The first kappa shape index (κ1) is 10.7. The van der Waals surface area contributed by atoms with Crippen molar-refractivity contribution in [3.8, 4) is 0 Å². The van der Waals surface area contributed by atoms with Crippen molar-refractivity contribution in [2.24, 2.45) is 0 Å². The van der Waals surface area contributed by atoms with Crippen LogP contribution in [0.25, 0.3) is 6.08 Å². The number of hydrogen-bond donors (Lipinski definition) is 0. The Morgan fingerprint density at radius 2 is 2.14 bits per heavy atom. The molecule has 0 saturated carbocycles. The summed E-state index contributed by atoms with van der Waals surface area (Å²) < 4.78 is 1.90. The highest BCUT2D eigenvalue weighted by molar-refractivity contribution is 5.96. The van der Waals surface area contributed by atoms with E-state index in [0.29, 0.717) is 6.04 Å². The number of carbonyl (C=O) groups is 1. The van der Waals surface area contributed by atoms with Gasteiger partial charge < -0.3 is 0 Å². The molecule has 3 nitrogen and oxygen atoms in total. The predicted molar refractivity (Wildman–Crippen MR) is 56.9 cm³/mol. The lowest BCUT2D eigenvalue weighted by molar-refractivity contribution is -0.113. The van der Waals surface area contributed by atoms with Gasteiger partial charge in [-0.25, -0.2) is 0 Å². The molecule has 0 radical (unpaired) electrons.